The van der Waals surface area contributed by atoms with Crippen LogP contribution in [0.5, 0.6) is 0 Å². The molecule has 1 aliphatic heterocycles. The number of carbonyl (C=O) groups excluding carboxylic acids is 1. The van der Waals surface area contributed by atoms with Gasteiger partial charge in [0.05, 0.1) is 6.54 Å². The molecular formula is C18H21FN6O. The number of fused-ring (bicyclic) bond motifs is 2. The molecule has 1 aliphatic rings. The van der Waals surface area contributed by atoms with Crippen molar-refractivity contribution in [1.82, 2.24) is 24.6 Å². The van der Waals surface area contributed by atoms with Crippen LogP contribution in [-0.4, -0.2) is 43.1 Å². The van der Waals surface area contributed by atoms with Gasteiger partial charge < -0.3 is 20.2 Å². The summed E-state index contributed by atoms with van der Waals surface area (Å²) >= 11 is 0. The normalized spacial score (nSPS) is 15.3. The van der Waals surface area contributed by atoms with Crippen molar-refractivity contribution in [1.29, 1.82) is 0 Å². The predicted octanol–water partition coefficient (Wildman–Crippen LogP) is 1.51. The Morgan fingerprint density at radius 1 is 1.38 bits per heavy atom. The van der Waals surface area contributed by atoms with Crippen molar-refractivity contribution < 1.29 is 9.18 Å². The zero-order valence-electron chi connectivity index (χ0n) is 14.6. The van der Waals surface area contributed by atoms with Crippen molar-refractivity contribution in [3.8, 4) is 0 Å². The summed E-state index contributed by atoms with van der Waals surface area (Å²) in [5.74, 6) is 1.38. The van der Waals surface area contributed by atoms with Gasteiger partial charge in [-0.3, -0.25) is 4.79 Å². The molecule has 0 saturated carbocycles. The van der Waals surface area contributed by atoms with Gasteiger partial charge in [0.25, 0.3) is 0 Å². The average Bonchev–Trinajstić information content (AvgIpc) is 3.19. The van der Waals surface area contributed by atoms with E-state index in [1.54, 1.807) is 17.2 Å². The summed E-state index contributed by atoms with van der Waals surface area (Å²) in [6.07, 6.45) is 2.42. The summed E-state index contributed by atoms with van der Waals surface area (Å²) < 4.78 is 16.1. The zero-order valence-corrected chi connectivity index (χ0v) is 14.6. The molecule has 136 valence electrons. The second kappa shape index (κ2) is 6.53. The molecule has 0 aliphatic carbocycles. The second-order valence-corrected chi connectivity index (χ2v) is 6.78. The fraction of sp³-hybridized carbons (Fsp3) is 0.389. The maximum atomic E-state index is 14.1. The van der Waals surface area contributed by atoms with Crippen LogP contribution in [0.2, 0.25) is 0 Å². The number of hydrogen-bond donors (Lipinski definition) is 2. The Hall–Kier alpha value is -2.74. The van der Waals surface area contributed by atoms with Crippen molar-refractivity contribution in [3.05, 3.63) is 47.4 Å². The molecule has 1 unspecified atom stereocenters. The monoisotopic (exact) mass is 356 g/mol. The van der Waals surface area contributed by atoms with E-state index >= 15 is 0 Å². The number of nitrogens with one attached hydrogen (secondary N) is 1. The first-order valence-electron chi connectivity index (χ1n) is 8.69. The SMILES string of the molecule is Cc1nnc2n1CCN(C(=O)CC(N)Cc1c[nH]c3cccc(F)c13)C2. The smallest absolute Gasteiger partial charge is 0.224 e. The Balaban J connectivity index is 1.42. The van der Waals surface area contributed by atoms with E-state index in [9.17, 15) is 9.18 Å². The molecule has 1 aromatic carbocycles. The van der Waals surface area contributed by atoms with Crippen LogP contribution in [0.1, 0.15) is 23.6 Å². The Morgan fingerprint density at radius 2 is 2.23 bits per heavy atom. The zero-order chi connectivity index (χ0) is 18.3. The molecule has 4 rings (SSSR count). The van der Waals surface area contributed by atoms with Crippen molar-refractivity contribution >= 4 is 16.8 Å². The Labute approximate surface area is 150 Å². The molecule has 8 heteroatoms. The molecule has 0 fully saturated rings. The maximum Gasteiger partial charge on any atom is 0.224 e. The number of nitrogens with two attached hydrogens (primary N) is 1. The Morgan fingerprint density at radius 3 is 3.08 bits per heavy atom. The van der Waals surface area contributed by atoms with Crippen LogP contribution in [0.3, 0.4) is 0 Å². The van der Waals surface area contributed by atoms with Gasteiger partial charge in [-0.15, -0.1) is 10.2 Å². The predicted molar refractivity (Wildman–Crippen MR) is 94.7 cm³/mol. The minimum Gasteiger partial charge on any atom is -0.361 e. The van der Waals surface area contributed by atoms with Crippen molar-refractivity contribution in [2.45, 2.75) is 38.9 Å². The number of aromatic nitrogens is 4. The van der Waals surface area contributed by atoms with Gasteiger partial charge in [0.1, 0.15) is 11.6 Å². The van der Waals surface area contributed by atoms with Gasteiger partial charge in [-0.25, -0.2) is 4.39 Å². The van der Waals surface area contributed by atoms with Gasteiger partial charge in [-0.05, 0) is 31.0 Å². The topological polar surface area (TPSA) is 92.8 Å². The molecule has 0 bridgehead atoms. The third kappa shape index (κ3) is 2.96. The molecule has 3 heterocycles. The van der Waals surface area contributed by atoms with Crippen LogP contribution in [0.4, 0.5) is 4.39 Å². The van der Waals surface area contributed by atoms with Crippen LogP contribution in [0, 0.1) is 12.7 Å². The minimum atomic E-state index is -0.373. The molecule has 3 aromatic rings. The minimum absolute atomic E-state index is 0.00952. The van der Waals surface area contributed by atoms with Gasteiger partial charge >= 0.3 is 0 Å². The Kier molecular flexibility index (Phi) is 4.20. The fourth-order valence-corrected chi connectivity index (χ4v) is 3.59. The van der Waals surface area contributed by atoms with Gasteiger partial charge in [0.15, 0.2) is 5.82 Å². The van der Waals surface area contributed by atoms with Crippen LogP contribution in [0.15, 0.2) is 24.4 Å². The number of hydrogen-bond acceptors (Lipinski definition) is 4. The fourth-order valence-electron chi connectivity index (χ4n) is 3.59. The molecule has 0 saturated heterocycles. The van der Waals surface area contributed by atoms with Crippen LogP contribution in [0.25, 0.3) is 10.9 Å². The summed E-state index contributed by atoms with van der Waals surface area (Å²) in [6, 6.07) is 4.55. The van der Waals surface area contributed by atoms with Crippen molar-refractivity contribution in [2.24, 2.45) is 5.73 Å². The summed E-state index contributed by atoms with van der Waals surface area (Å²) in [6.45, 7) is 3.68. The van der Waals surface area contributed by atoms with Gasteiger partial charge in [0, 0.05) is 42.7 Å². The summed E-state index contributed by atoms with van der Waals surface area (Å²) in [7, 11) is 0. The summed E-state index contributed by atoms with van der Waals surface area (Å²) in [5, 5.41) is 8.72. The molecule has 2 aromatic heterocycles. The van der Waals surface area contributed by atoms with Crippen LogP contribution in [-0.2, 0) is 24.3 Å². The number of aryl methyl sites for hydroxylation is 1. The van der Waals surface area contributed by atoms with E-state index in [0.717, 1.165) is 22.7 Å². The first-order chi connectivity index (χ1) is 12.5. The number of carbonyl (C=O) groups is 1. The lowest BCUT2D eigenvalue weighted by Gasteiger charge is -2.28. The standard InChI is InChI=1S/C18H21FN6O/c1-11-22-23-16-10-24(5-6-25(11)16)17(26)8-13(20)7-12-9-21-15-4-2-3-14(19)18(12)15/h2-4,9,13,21H,5-8,10,20H2,1H3. The highest BCUT2D eigenvalue weighted by Crippen LogP contribution is 2.23. The van der Waals surface area contributed by atoms with E-state index in [2.05, 4.69) is 15.2 Å². The first kappa shape index (κ1) is 16.7. The largest absolute Gasteiger partial charge is 0.361 e. The van der Waals surface area contributed by atoms with E-state index in [0.29, 0.717) is 31.4 Å². The third-order valence-electron chi connectivity index (χ3n) is 4.95. The number of H-pyrrole nitrogens is 1. The molecule has 26 heavy (non-hydrogen) atoms. The number of amides is 1. The molecule has 0 spiro atoms. The lowest BCUT2D eigenvalue weighted by Crippen LogP contribution is -2.41. The molecule has 7 nitrogen and oxygen atoms in total. The van der Waals surface area contributed by atoms with E-state index < -0.39 is 0 Å². The molecular weight excluding hydrogens is 335 g/mol. The number of nitrogens with zero attached hydrogens (tertiary/aromatic N) is 4. The van der Waals surface area contributed by atoms with Crippen LogP contribution >= 0.6 is 0 Å². The van der Waals surface area contributed by atoms with E-state index in [4.69, 9.17) is 5.73 Å². The lowest BCUT2D eigenvalue weighted by atomic mass is 10.0. The summed E-state index contributed by atoms with van der Waals surface area (Å²) in [5.41, 5.74) is 7.73. The highest BCUT2D eigenvalue weighted by molar-refractivity contribution is 5.84. The highest BCUT2D eigenvalue weighted by Gasteiger charge is 2.25. The summed E-state index contributed by atoms with van der Waals surface area (Å²) in [4.78, 5) is 17.4. The average molecular weight is 356 g/mol. The lowest BCUT2D eigenvalue weighted by molar-refractivity contribution is -0.133. The van der Waals surface area contributed by atoms with Crippen molar-refractivity contribution in [2.75, 3.05) is 6.54 Å². The molecule has 1 atom stereocenters. The number of benzene rings is 1. The number of rotatable bonds is 4. The highest BCUT2D eigenvalue weighted by atomic mass is 19.1. The number of aromatic amines is 1. The maximum absolute atomic E-state index is 14.1. The Bertz CT molecular complexity index is 962. The van der Waals surface area contributed by atoms with E-state index in [-0.39, 0.29) is 24.2 Å². The van der Waals surface area contributed by atoms with Gasteiger partial charge in [0.2, 0.25) is 5.91 Å². The number of halogens is 1. The quantitative estimate of drug-likeness (QED) is 0.741. The van der Waals surface area contributed by atoms with Gasteiger partial charge in [-0.2, -0.15) is 0 Å². The first-order valence-corrected chi connectivity index (χ1v) is 8.69. The second-order valence-electron chi connectivity index (χ2n) is 6.78. The van der Waals surface area contributed by atoms with Gasteiger partial charge in [-0.1, -0.05) is 6.07 Å². The van der Waals surface area contributed by atoms with E-state index in [1.165, 1.54) is 6.07 Å². The molecule has 3 N–H and O–H groups in total. The third-order valence-corrected chi connectivity index (χ3v) is 4.95. The van der Waals surface area contributed by atoms with E-state index in [1.807, 2.05) is 17.6 Å². The molecule has 1 amide bonds. The molecule has 0 radical (unpaired) electrons. The van der Waals surface area contributed by atoms with Crippen LogP contribution < -0.4 is 5.73 Å². The van der Waals surface area contributed by atoms with Crippen molar-refractivity contribution in [3.63, 3.8) is 0 Å².